The minimum atomic E-state index is -0.376. The smallest absolute Gasteiger partial charge is 0.226 e. The van der Waals surface area contributed by atoms with Gasteiger partial charge in [0.25, 0.3) is 0 Å². The molecule has 0 saturated carbocycles. The van der Waals surface area contributed by atoms with Crippen molar-refractivity contribution < 1.29 is 9.52 Å². The van der Waals surface area contributed by atoms with E-state index in [4.69, 9.17) is 9.52 Å². The summed E-state index contributed by atoms with van der Waals surface area (Å²) in [4.78, 5) is 13.7. The molecule has 2 heterocycles. The standard InChI is InChI=1S/C13H20N2O3/c1-14-7-10-4-2-3-5-15(10)8-11-6-12(16)13(17)9-18-11/h6,9-10,14,17H,2-5,7-8H2,1H3. The van der Waals surface area contributed by atoms with Gasteiger partial charge in [0.1, 0.15) is 12.0 Å². The third-order valence-electron chi connectivity index (χ3n) is 3.41. The fraction of sp³-hybridized carbons (Fsp3) is 0.615. The molecule has 1 atom stereocenters. The maximum Gasteiger partial charge on any atom is 0.226 e. The van der Waals surface area contributed by atoms with Crippen LogP contribution in [0, 0.1) is 0 Å². The summed E-state index contributed by atoms with van der Waals surface area (Å²) < 4.78 is 5.26. The Morgan fingerprint density at radius 2 is 2.39 bits per heavy atom. The number of hydrogen-bond donors (Lipinski definition) is 2. The first-order valence-electron chi connectivity index (χ1n) is 6.40. The van der Waals surface area contributed by atoms with Crippen LogP contribution in [0.2, 0.25) is 0 Å². The number of piperidine rings is 1. The third kappa shape index (κ3) is 3.11. The lowest BCUT2D eigenvalue weighted by atomic mass is 10.0. The van der Waals surface area contributed by atoms with Crippen molar-refractivity contribution in [2.45, 2.75) is 31.8 Å². The summed E-state index contributed by atoms with van der Waals surface area (Å²) in [6.45, 7) is 2.60. The second kappa shape index (κ2) is 6.02. The van der Waals surface area contributed by atoms with Gasteiger partial charge in [-0.25, -0.2) is 0 Å². The molecular formula is C13H20N2O3. The zero-order valence-corrected chi connectivity index (χ0v) is 10.7. The highest BCUT2D eigenvalue weighted by atomic mass is 16.4. The number of aromatic hydroxyl groups is 1. The molecule has 0 amide bonds. The first kappa shape index (κ1) is 13.1. The van der Waals surface area contributed by atoms with Gasteiger partial charge >= 0.3 is 0 Å². The van der Waals surface area contributed by atoms with E-state index in [1.807, 2.05) is 7.05 Å². The van der Waals surface area contributed by atoms with E-state index in [-0.39, 0.29) is 11.2 Å². The van der Waals surface area contributed by atoms with Crippen molar-refractivity contribution in [2.75, 3.05) is 20.1 Å². The Morgan fingerprint density at radius 1 is 1.56 bits per heavy atom. The molecule has 1 aliphatic rings. The maximum absolute atomic E-state index is 11.3. The van der Waals surface area contributed by atoms with Gasteiger partial charge < -0.3 is 14.8 Å². The van der Waals surface area contributed by atoms with Crippen molar-refractivity contribution >= 4 is 0 Å². The molecule has 100 valence electrons. The molecule has 0 spiro atoms. The summed E-state index contributed by atoms with van der Waals surface area (Å²) in [6.07, 6.45) is 4.72. The second-order valence-corrected chi connectivity index (χ2v) is 4.77. The highest BCUT2D eigenvalue weighted by molar-refractivity contribution is 5.15. The molecule has 1 fully saturated rings. The van der Waals surface area contributed by atoms with Crippen LogP contribution in [-0.4, -0.2) is 36.2 Å². The average molecular weight is 252 g/mol. The van der Waals surface area contributed by atoms with Crippen molar-refractivity contribution in [3.05, 3.63) is 28.3 Å². The highest BCUT2D eigenvalue weighted by Gasteiger charge is 2.22. The Labute approximate surface area is 106 Å². The van der Waals surface area contributed by atoms with E-state index in [9.17, 15) is 4.79 Å². The van der Waals surface area contributed by atoms with E-state index >= 15 is 0 Å². The second-order valence-electron chi connectivity index (χ2n) is 4.77. The number of hydrogen-bond acceptors (Lipinski definition) is 5. The van der Waals surface area contributed by atoms with Crippen LogP contribution in [0.5, 0.6) is 5.75 Å². The van der Waals surface area contributed by atoms with Crippen LogP contribution >= 0.6 is 0 Å². The molecule has 1 aliphatic heterocycles. The van der Waals surface area contributed by atoms with Crippen LogP contribution in [0.4, 0.5) is 0 Å². The first-order chi connectivity index (χ1) is 8.70. The van der Waals surface area contributed by atoms with Crippen LogP contribution in [0.25, 0.3) is 0 Å². The molecule has 0 radical (unpaired) electrons. The van der Waals surface area contributed by atoms with Crippen molar-refractivity contribution in [1.82, 2.24) is 10.2 Å². The topological polar surface area (TPSA) is 65.7 Å². The summed E-state index contributed by atoms with van der Waals surface area (Å²) in [7, 11) is 1.95. The summed E-state index contributed by atoms with van der Waals surface area (Å²) in [5.41, 5.74) is -0.376. The number of likely N-dealkylation sites (N-methyl/N-ethyl adjacent to an activating group) is 1. The quantitative estimate of drug-likeness (QED) is 0.834. The average Bonchev–Trinajstić information content (AvgIpc) is 2.37. The maximum atomic E-state index is 11.3. The lowest BCUT2D eigenvalue weighted by Gasteiger charge is -2.35. The molecular weight excluding hydrogens is 232 g/mol. The zero-order chi connectivity index (χ0) is 13.0. The van der Waals surface area contributed by atoms with Crippen LogP contribution in [0.3, 0.4) is 0 Å². The Morgan fingerprint density at radius 3 is 3.11 bits per heavy atom. The summed E-state index contributed by atoms with van der Waals surface area (Å²) in [5, 5.41) is 12.4. The van der Waals surface area contributed by atoms with Gasteiger partial charge in [-0.3, -0.25) is 9.69 Å². The van der Waals surface area contributed by atoms with Crippen LogP contribution in [-0.2, 0) is 6.54 Å². The van der Waals surface area contributed by atoms with Crippen molar-refractivity contribution in [3.63, 3.8) is 0 Å². The molecule has 1 aromatic rings. The van der Waals surface area contributed by atoms with E-state index in [1.54, 1.807) is 0 Å². The fourth-order valence-corrected chi connectivity index (χ4v) is 2.46. The Balaban J connectivity index is 2.06. The lowest BCUT2D eigenvalue weighted by molar-refractivity contribution is 0.128. The Hall–Kier alpha value is -1.33. The Kier molecular flexibility index (Phi) is 4.38. The molecule has 2 N–H and O–H groups in total. The van der Waals surface area contributed by atoms with Crippen molar-refractivity contribution in [2.24, 2.45) is 0 Å². The van der Waals surface area contributed by atoms with Gasteiger partial charge in [-0.15, -0.1) is 0 Å². The van der Waals surface area contributed by atoms with Crippen molar-refractivity contribution in [1.29, 1.82) is 0 Å². The van der Waals surface area contributed by atoms with Gasteiger partial charge in [0.2, 0.25) is 5.43 Å². The first-order valence-corrected chi connectivity index (χ1v) is 6.40. The fourth-order valence-electron chi connectivity index (χ4n) is 2.46. The van der Waals surface area contributed by atoms with Gasteiger partial charge in [0, 0.05) is 18.7 Å². The van der Waals surface area contributed by atoms with Crippen molar-refractivity contribution in [3.8, 4) is 5.75 Å². The minimum Gasteiger partial charge on any atom is -0.502 e. The zero-order valence-electron chi connectivity index (χ0n) is 10.7. The van der Waals surface area contributed by atoms with E-state index in [2.05, 4.69) is 10.2 Å². The molecule has 2 rings (SSSR count). The van der Waals surface area contributed by atoms with Gasteiger partial charge in [-0.1, -0.05) is 6.42 Å². The van der Waals surface area contributed by atoms with Gasteiger partial charge in [-0.05, 0) is 26.4 Å². The monoisotopic (exact) mass is 252 g/mol. The van der Waals surface area contributed by atoms with E-state index < -0.39 is 0 Å². The molecule has 5 nitrogen and oxygen atoms in total. The highest BCUT2D eigenvalue weighted by Crippen LogP contribution is 2.19. The normalized spacial score (nSPS) is 21.1. The van der Waals surface area contributed by atoms with Crippen LogP contribution in [0.1, 0.15) is 25.0 Å². The predicted octanol–water partition coefficient (Wildman–Crippen LogP) is 0.919. The summed E-state index contributed by atoms with van der Waals surface area (Å²) >= 11 is 0. The molecule has 1 aromatic heterocycles. The summed E-state index contributed by atoms with van der Waals surface area (Å²) in [6, 6.07) is 1.86. The summed E-state index contributed by atoms with van der Waals surface area (Å²) in [5.74, 6) is 0.282. The molecule has 0 aromatic carbocycles. The Bertz CT molecular complexity index is 442. The lowest BCUT2D eigenvalue weighted by Crippen LogP contribution is -2.44. The molecule has 0 aliphatic carbocycles. The molecule has 1 saturated heterocycles. The van der Waals surface area contributed by atoms with E-state index in [0.29, 0.717) is 18.3 Å². The van der Waals surface area contributed by atoms with E-state index in [0.717, 1.165) is 19.4 Å². The third-order valence-corrected chi connectivity index (χ3v) is 3.41. The van der Waals surface area contributed by atoms with Gasteiger partial charge in [0.05, 0.1) is 6.54 Å². The van der Waals surface area contributed by atoms with Gasteiger partial charge in [0.15, 0.2) is 5.75 Å². The number of nitrogens with zero attached hydrogens (tertiary/aromatic N) is 1. The number of likely N-dealkylation sites (tertiary alicyclic amines) is 1. The molecule has 5 heteroatoms. The minimum absolute atomic E-state index is 0.329. The van der Waals surface area contributed by atoms with E-state index in [1.165, 1.54) is 25.3 Å². The van der Waals surface area contributed by atoms with Crippen LogP contribution < -0.4 is 10.7 Å². The predicted molar refractivity (Wildman–Crippen MR) is 68.6 cm³/mol. The largest absolute Gasteiger partial charge is 0.502 e. The molecule has 0 bridgehead atoms. The number of rotatable bonds is 4. The van der Waals surface area contributed by atoms with Gasteiger partial charge in [-0.2, -0.15) is 0 Å². The molecule has 1 unspecified atom stereocenters. The SMILES string of the molecule is CNCC1CCCCN1Cc1cc(=O)c(O)co1. The van der Waals surface area contributed by atoms with Crippen LogP contribution in [0.15, 0.2) is 21.5 Å². The molecule has 18 heavy (non-hydrogen) atoms. The number of nitrogens with one attached hydrogen (secondary N) is 1.